The van der Waals surface area contributed by atoms with Crippen molar-refractivity contribution in [2.24, 2.45) is 5.73 Å². The minimum Gasteiger partial charge on any atom is -0.368 e. The Bertz CT molecular complexity index is 342. The van der Waals surface area contributed by atoms with Gasteiger partial charge in [0.1, 0.15) is 0 Å². The molecule has 1 aliphatic rings. The first kappa shape index (κ1) is 11.4. The summed E-state index contributed by atoms with van der Waals surface area (Å²) in [6.45, 7) is 8.19. The Morgan fingerprint density at radius 1 is 1.38 bits per heavy atom. The number of nitrogens with one attached hydrogen (secondary N) is 1. The molecular formula is C13H21N3. The van der Waals surface area contributed by atoms with Gasteiger partial charge in [-0.15, -0.1) is 0 Å². The average Bonchev–Trinajstić information content (AvgIpc) is 2.29. The number of anilines is 1. The molecule has 1 aromatic rings. The largest absolute Gasteiger partial charge is 0.368 e. The zero-order valence-electron chi connectivity index (χ0n) is 10.2. The van der Waals surface area contributed by atoms with Crippen LogP contribution in [0.15, 0.2) is 18.2 Å². The van der Waals surface area contributed by atoms with Crippen molar-refractivity contribution in [3.63, 3.8) is 0 Å². The van der Waals surface area contributed by atoms with Gasteiger partial charge in [0.05, 0.1) is 0 Å². The van der Waals surface area contributed by atoms with Crippen molar-refractivity contribution in [2.45, 2.75) is 19.9 Å². The van der Waals surface area contributed by atoms with Gasteiger partial charge in [-0.1, -0.05) is 18.2 Å². The number of piperazine rings is 1. The normalized spacial score (nSPS) is 21.2. The van der Waals surface area contributed by atoms with Crippen LogP contribution < -0.4 is 16.0 Å². The topological polar surface area (TPSA) is 41.3 Å². The molecule has 0 spiro atoms. The molecule has 1 fully saturated rings. The van der Waals surface area contributed by atoms with E-state index in [4.69, 9.17) is 5.73 Å². The molecule has 0 bridgehead atoms. The smallest absolute Gasteiger partial charge is 0.0426 e. The fraction of sp³-hybridized carbons (Fsp3) is 0.538. The first-order valence-corrected chi connectivity index (χ1v) is 5.97. The summed E-state index contributed by atoms with van der Waals surface area (Å²) in [5.41, 5.74) is 9.84. The lowest BCUT2D eigenvalue weighted by Gasteiger charge is -2.36. The van der Waals surface area contributed by atoms with Crippen molar-refractivity contribution >= 4 is 5.69 Å². The minimum atomic E-state index is 0.424. The molecule has 2 rings (SSSR count). The highest BCUT2D eigenvalue weighted by Crippen LogP contribution is 2.25. The number of para-hydroxylation sites is 1. The Morgan fingerprint density at radius 3 is 2.69 bits per heavy atom. The molecule has 1 heterocycles. The van der Waals surface area contributed by atoms with Gasteiger partial charge >= 0.3 is 0 Å². The molecule has 0 saturated carbocycles. The number of hydrogen-bond acceptors (Lipinski definition) is 3. The first-order chi connectivity index (χ1) is 7.72. The Hall–Kier alpha value is -1.06. The summed E-state index contributed by atoms with van der Waals surface area (Å²) in [6.07, 6.45) is 0. The van der Waals surface area contributed by atoms with Crippen LogP contribution in [-0.4, -0.2) is 32.2 Å². The third-order valence-corrected chi connectivity index (χ3v) is 3.30. The van der Waals surface area contributed by atoms with E-state index in [2.05, 4.69) is 42.3 Å². The van der Waals surface area contributed by atoms with Crippen LogP contribution in [0.5, 0.6) is 0 Å². The number of benzene rings is 1. The van der Waals surface area contributed by atoms with E-state index in [0.29, 0.717) is 12.6 Å². The van der Waals surface area contributed by atoms with Crippen LogP contribution in [0.25, 0.3) is 0 Å². The molecule has 1 unspecified atom stereocenters. The van der Waals surface area contributed by atoms with Gasteiger partial charge in [0, 0.05) is 37.9 Å². The van der Waals surface area contributed by atoms with Crippen LogP contribution >= 0.6 is 0 Å². The van der Waals surface area contributed by atoms with Gasteiger partial charge in [0.15, 0.2) is 0 Å². The summed E-state index contributed by atoms with van der Waals surface area (Å²) in [4.78, 5) is 2.46. The van der Waals surface area contributed by atoms with Crippen molar-refractivity contribution in [3.8, 4) is 0 Å². The molecule has 0 amide bonds. The third-order valence-electron chi connectivity index (χ3n) is 3.30. The second kappa shape index (κ2) is 4.85. The number of rotatable bonds is 2. The molecule has 16 heavy (non-hydrogen) atoms. The maximum absolute atomic E-state index is 5.73. The molecule has 88 valence electrons. The molecule has 1 saturated heterocycles. The molecule has 1 aliphatic heterocycles. The summed E-state index contributed by atoms with van der Waals surface area (Å²) in [5, 5.41) is 3.44. The lowest BCUT2D eigenvalue weighted by atomic mass is 10.1. The van der Waals surface area contributed by atoms with Crippen molar-refractivity contribution in [2.75, 3.05) is 31.1 Å². The molecule has 3 heteroatoms. The fourth-order valence-corrected chi connectivity index (χ4v) is 2.49. The molecule has 0 radical (unpaired) electrons. The summed E-state index contributed by atoms with van der Waals surface area (Å²) in [6, 6.07) is 6.91. The standard InChI is InChI=1S/C13H21N3/c1-10-4-3-5-11(2)13(10)16-7-6-15-12(8-14)9-16/h3-5,12,15H,6-9,14H2,1-2H3. The van der Waals surface area contributed by atoms with E-state index in [0.717, 1.165) is 19.6 Å². The minimum absolute atomic E-state index is 0.424. The molecule has 3 N–H and O–H groups in total. The highest BCUT2D eigenvalue weighted by Gasteiger charge is 2.20. The highest BCUT2D eigenvalue weighted by molar-refractivity contribution is 5.59. The van der Waals surface area contributed by atoms with Gasteiger partial charge in [-0.3, -0.25) is 0 Å². The summed E-state index contributed by atoms with van der Waals surface area (Å²) in [5.74, 6) is 0. The Kier molecular flexibility index (Phi) is 3.46. The van der Waals surface area contributed by atoms with E-state index < -0.39 is 0 Å². The van der Waals surface area contributed by atoms with Gasteiger partial charge in [-0.2, -0.15) is 0 Å². The molecule has 0 aliphatic carbocycles. The van der Waals surface area contributed by atoms with Crippen molar-refractivity contribution in [1.82, 2.24) is 5.32 Å². The van der Waals surface area contributed by atoms with E-state index in [1.165, 1.54) is 16.8 Å². The zero-order chi connectivity index (χ0) is 11.5. The van der Waals surface area contributed by atoms with Gasteiger partial charge in [0.25, 0.3) is 0 Å². The molecule has 1 atom stereocenters. The van der Waals surface area contributed by atoms with Gasteiger partial charge in [0.2, 0.25) is 0 Å². The van der Waals surface area contributed by atoms with Crippen molar-refractivity contribution in [1.29, 1.82) is 0 Å². The predicted molar refractivity (Wildman–Crippen MR) is 69.0 cm³/mol. The quantitative estimate of drug-likeness (QED) is 0.781. The Morgan fingerprint density at radius 2 is 2.06 bits per heavy atom. The second-order valence-corrected chi connectivity index (χ2v) is 4.57. The third kappa shape index (κ3) is 2.20. The zero-order valence-corrected chi connectivity index (χ0v) is 10.2. The monoisotopic (exact) mass is 219 g/mol. The fourth-order valence-electron chi connectivity index (χ4n) is 2.49. The number of nitrogens with two attached hydrogens (primary N) is 1. The maximum atomic E-state index is 5.73. The molecule has 0 aromatic heterocycles. The molecular weight excluding hydrogens is 198 g/mol. The molecule has 1 aromatic carbocycles. The maximum Gasteiger partial charge on any atom is 0.0426 e. The van der Waals surface area contributed by atoms with Crippen molar-refractivity contribution < 1.29 is 0 Å². The van der Waals surface area contributed by atoms with Crippen LogP contribution in [0.3, 0.4) is 0 Å². The SMILES string of the molecule is Cc1cccc(C)c1N1CCNC(CN)C1. The summed E-state index contributed by atoms with van der Waals surface area (Å²) >= 11 is 0. The van der Waals surface area contributed by atoms with Crippen LogP contribution in [0.4, 0.5) is 5.69 Å². The lowest BCUT2D eigenvalue weighted by Crippen LogP contribution is -2.54. The van der Waals surface area contributed by atoms with E-state index in [9.17, 15) is 0 Å². The van der Waals surface area contributed by atoms with E-state index >= 15 is 0 Å². The van der Waals surface area contributed by atoms with E-state index in [1.807, 2.05) is 0 Å². The number of nitrogens with zero attached hydrogens (tertiary/aromatic N) is 1. The summed E-state index contributed by atoms with van der Waals surface area (Å²) in [7, 11) is 0. The van der Waals surface area contributed by atoms with E-state index in [1.54, 1.807) is 0 Å². The number of hydrogen-bond donors (Lipinski definition) is 2. The Labute approximate surface area is 97.6 Å². The number of aryl methyl sites for hydroxylation is 2. The molecule has 3 nitrogen and oxygen atoms in total. The predicted octanol–water partition coefficient (Wildman–Crippen LogP) is 1.04. The van der Waals surface area contributed by atoms with E-state index in [-0.39, 0.29) is 0 Å². The highest BCUT2D eigenvalue weighted by atomic mass is 15.2. The van der Waals surface area contributed by atoms with Crippen LogP contribution in [0.2, 0.25) is 0 Å². The Balaban J connectivity index is 2.23. The van der Waals surface area contributed by atoms with Gasteiger partial charge < -0.3 is 16.0 Å². The van der Waals surface area contributed by atoms with Crippen LogP contribution in [0.1, 0.15) is 11.1 Å². The lowest BCUT2D eigenvalue weighted by molar-refractivity contribution is 0.463. The second-order valence-electron chi connectivity index (χ2n) is 4.57. The van der Waals surface area contributed by atoms with Crippen molar-refractivity contribution in [3.05, 3.63) is 29.3 Å². The van der Waals surface area contributed by atoms with Crippen LogP contribution in [-0.2, 0) is 0 Å². The average molecular weight is 219 g/mol. The van der Waals surface area contributed by atoms with Crippen LogP contribution in [0, 0.1) is 13.8 Å². The summed E-state index contributed by atoms with van der Waals surface area (Å²) < 4.78 is 0. The van der Waals surface area contributed by atoms with Gasteiger partial charge in [-0.05, 0) is 25.0 Å². The first-order valence-electron chi connectivity index (χ1n) is 5.97. The van der Waals surface area contributed by atoms with Gasteiger partial charge in [-0.25, -0.2) is 0 Å².